The van der Waals surface area contributed by atoms with Gasteiger partial charge in [0, 0.05) is 18.2 Å². The highest BCUT2D eigenvalue weighted by atomic mass is 16.1. The second-order valence-corrected chi connectivity index (χ2v) is 5.95. The zero-order valence-corrected chi connectivity index (χ0v) is 12.7. The van der Waals surface area contributed by atoms with Crippen LogP contribution in [-0.4, -0.2) is 26.9 Å². The minimum atomic E-state index is 0.00157. The maximum Gasteiger partial charge on any atom is 0.251 e. The van der Waals surface area contributed by atoms with Gasteiger partial charge in [0.15, 0.2) is 0 Å². The maximum absolute atomic E-state index is 12.4. The summed E-state index contributed by atoms with van der Waals surface area (Å²) in [6.45, 7) is 5.03. The Morgan fingerprint density at radius 1 is 1.38 bits per heavy atom. The van der Waals surface area contributed by atoms with E-state index in [0.29, 0.717) is 17.5 Å². The van der Waals surface area contributed by atoms with Crippen LogP contribution in [-0.2, 0) is 6.54 Å². The van der Waals surface area contributed by atoms with E-state index in [1.165, 1.54) is 19.3 Å². The van der Waals surface area contributed by atoms with Crippen LogP contribution in [0, 0.1) is 5.92 Å². The van der Waals surface area contributed by atoms with Crippen LogP contribution in [0.5, 0.6) is 0 Å². The van der Waals surface area contributed by atoms with E-state index in [-0.39, 0.29) is 5.91 Å². The van der Waals surface area contributed by atoms with Gasteiger partial charge in [-0.05, 0) is 43.9 Å². The van der Waals surface area contributed by atoms with Crippen LogP contribution in [0.15, 0.2) is 18.2 Å². The van der Waals surface area contributed by atoms with Gasteiger partial charge in [0.25, 0.3) is 5.91 Å². The summed E-state index contributed by atoms with van der Waals surface area (Å²) >= 11 is 0. The number of carbonyl (C=O) groups is 1. The van der Waals surface area contributed by atoms with Crippen molar-refractivity contribution in [3.8, 4) is 0 Å². The topological polar surface area (TPSA) is 59.8 Å². The molecule has 3 rings (SSSR count). The molecular formula is C16H22N4O. The maximum atomic E-state index is 12.4. The summed E-state index contributed by atoms with van der Waals surface area (Å²) in [7, 11) is 0. The van der Waals surface area contributed by atoms with Gasteiger partial charge in [0.05, 0.1) is 5.52 Å². The Labute approximate surface area is 124 Å². The molecule has 112 valence electrons. The molecule has 1 aliphatic rings. The number of aromatic nitrogens is 3. The summed E-state index contributed by atoms with van der Waals surface area (Å²) in [5, 5.41) is 11.4. The fourth-order valence-electron chi connectivity index (χ4n) is 3.13. The number of nitrogens with zero attached hydrogens (tertiary/aromatic N) is 3. The van der Waals surface area contributed by atoms with E-state index in [9.17, 15) is 4.79 Å². The van der Waals surface area contributed by atoms with Gasteiger partial charge in [-0.3, -0.25) is 4.79 Å². The molecule has 5 heteroatoms. The Balaban J connectivity index is 1.78. The van der Waals surface area contributed by atoms with E-state index in [1.54, 1.807) is 0 Å². The van der Waals surface area contributed by atoms with Crippen LogP contribution < -0.4 is 5.32 Å². The van der Waals surface area contributed by atoms with Crippen LogP contribution in [0.3, 0.4) is 0 Å². The minimum Gasteiger partial charge on any atom is -0.349 e. The number of amides is 1. The third kappa shape index (κ3) is 2.77. The van der Waals surface area contributed by atoms with Gasteiger partial charge in [-0.25, -0.2) is 4.68 Å². The highest BCUT2D eigenvalue weighted by molar-refractivity contribution is 5.97. The van der Waals surface area contributed by atoms with Crippen molar-refractivity contribution >= 4 is 16.9 Å². The van der Waals surface area contributed by atoms with Crippen LogP contribution >= 0.6 is 0 Å². The fourth-order valence-corrected chi connectivity index (χ4v) is 3.13. The Morgan fingerprint density at radius 2 is 2.19 bits per heavy atom. The summed E-state index contributed by atoms with van der Waals surface area (Å²) in [5.41, 5.74) is 2.42. The zero-order chi connectivity index (χ0) is 14.8. The molecule has 1 N–H and O–H groups in total. The summed E-state index contributed by atoms with van der Waals surface area (Å²) in [4.78, 5) is 12.4. The van der Waals surface area contributed by atoms with Gasteiger partial charge in [-0.1, -0.05) is 25.0 Å². The SMILES string of the molecule is CCn1nnc2cc(C(=O)NC3CCCCC3C)ccc21. The standard InChI is InChI=1S/C16H22N4O/c1-3-20-15-9-8-12(10-14(15)18-19-20)16(21)17-13-7-5-4-6-11(13)2/h8-11,13H,3-7H2,1-2H3,(H,17,21). The molecule has 2 atom stereocenters. The smallest absolute Gasteiger partial charge is 0.251 e. The van der Waals surface area contributed by atoms with Crippen LogP contribution in [0.25, 0.3) is 11.0 Å². The van der Waals surface area contributed by atoms with Gasteiger partial charge in [0.1, 0.15) is 5.52 Å². The second kappa shape index (κ2) is 5.84. The number of hydrogen-bond acceptors (Lipinski definition) is 3. The molecule has 2 unspecified atom stereocenters. The van der Waals surface area contributed by atoms with Crippen molar-refractivity contribution < 1.29 is 4.79 Å². The van der Waals surface area contributed by atoms with Crippen molar-refractivity contribution in [1.29, 1.82) is 0 Å². The lowest BCUT2D eigenvalue weighted by Gasteiger charge is -2.29. The summed E-state index contributed by atoms with van der Waals surface area (Å²) < 4.78 is 1.83. The molecule has 0 bridgehead atoms. The number of nitrogens with one attached hydrogen (secondary N) is 1. The highest BCUT2D eigenvalue weighted by Gasteiger charge is 2.23. The van der Waals surface area contributed by atoms with Crippen molar-refractivity contribution in [2.45, 2.75) is 52.1 Å². The molecule has 1 heterocycles. The third-order valence-electron chi connectivity index (χ3n) is 4.50. The van der Waals surface area contributed by atoms with E-state index in [4.69, 9.17) is 0 Å². The molecule has 1 aromatic heterocycles. The molecule has 0 spiro atoms. The van der Waals surface area contributed by atoms with E-state index in [2.05, 4.69) is 22.6 Å². The molecule has 1 aliphatic carbocycles. The molecule has 5 nitrogen and oxygen atoms in total. The molecule has 1 aromatic carbocycles. The van der Waals surface area contributed by atoms with Gasteiger partial charge in [-0.2, -0.15) is 0 Å². The summed E-state index contributed by atoms with van der Waals surface area (Å²) in [5.74, 6) is 0.564. The number of rotatable bonds is 3. The van der Waals surface area contributed by atoms with E-state index in [0.717, 1.165) is 24.0 Å². The van der Waals surface area contributed by atoms with Crippen molar-refractivity contribution in [2.75, 3.05) is 0 Å². The normalized spacial score (nSPS) is 22.4. The van der Waals surface area contributed by atoms with Gasteiger partial charge < -0.3 is 5.32 Å². The van der Waals surface area contributed by atoms with E-state index >= 15 is 0 Å². The van der Waals surface area contributed by atoms with Crippen molar-refractivity contribution in [2.24, 2.45) is 5.92 Å². The Kier molecular flexibility index (Phi) is 3.90. The summed E-state index contributed by atoms with van der Waals surface area (Å²) in [6.07, 6.45) is 4.77. The minimum absolute atomic E-state index is 0.00157. The molecule has 1 fully saturated rings. The molecule has 0 saturated heterocycles. The third-order valence-corrected chi connectivity index (χ3v) is 4.50. The molecule has 0 radical (unpaired) electrons. The van der Waals surface area contributed by atoms with Gasteiger partial charge in [-0.15, -0.1) is 5.10 Å². The first-order valence-electron chi connectivity index (χ1n) is 7.83. The lowest BCUT2D eigenvalue weighted by atomic mass is 9.86. The number of fused-ring (bicyclic) bond motifs is 1. The van der Waals surface area contributed by atoms with Crippen LogP contribution in [0.2, 0.25) is 0 Å². The van der Waals surface area contributed by atoms with Crippen molar-refractivity contribution in [3.63, 3.8) is 0 Å². The first kappa shape index (κ1) is 14.0. The predicted octanol–water partition coefficient (Wildman–Crippen LogP) is 2.76. The Hall–Kier alpha value is -1.91. The predicted molar refractivity (Wildman–Crippen MR) is 82.1 cm³/mol. The Morgan fingerprint density at radius 3 is 2.95 bits per heavy atom. The van der Waals surface area contributed by atoms with Crippen LogP contribution in [0.1, 0.15) is 49.9 Å². The Bertz CT molecular complexity index is 649. The lowest BCUT2D eigenvalue weighted by Crippen LogP contribution is -2.41. The molecule has 2 aromatic rings. The monoisotopic (exact) mass is 286 g/mol. The van der Waals surface area contributed by atoms with Crippen molar-refractivity contribution in [3.05, 3.63) is 23.8 Å². The molecule has 0 aliphatic heterocycles. The molecule has 1 amide bonds. The number of aryl methyl sites for hydroxylation is 1. The van der Waals surface area contributed by atoms with E-state index < -0.39 is 0 Å². The first-order chi connectivity index (χ1) is 10.2. The fraction of sp³-hybridized carbons (Fsp3) is 0.562. The highest BCUT2D eigenvalue weighted by Crippen LogP contribution is 2.24. The second-order valence-electron chi connectivity index (χ2n) is 5.95. The van der Waals surface area contributed by atoms with Gasteiger partial charge in [0.2, 0.25) is 0 Å². The average molecular weight is 286 g/mol. The average Bonchev–Trinajstić information content (AvgIpc) is 2.91. The largest absolute Gasteiger partial charge is 0.349 e. The molecular weight excluding hydrogens is 264 g/mol. The van der Waals surface area contributed by atoms with Crippen molar-refractivity contribution in [1.82, 2.24) is 20.3 Å². The van der Waals surface area contributed by atoms with Crippen LogP contribution in [0.4, 0.5) is 0 Å². The number of hydrogen-bond donors (Lipinski definition) is 1. The van der Waals surface area contributed by atoms with E-state index in [1.807, 2.05) is 29.8 Å². The molecule has 1 saturated carbocycles. The lowest BCUT2D eigenvalue weighted by molar-refractivity contribution is 0.0910. The number of benzene rings is 1. The quantitative estimate of drug-likeness (QED) is 0.943. The first-order valence-corrected chi connectivity index (χ1v) is 7.83. The number of carbonyl (C=O) groups excluding carboxylic acids is 1. The van der Waals surface area contributed by atoms with Gasteiger partial charge >= 0.3 is 0 Å². The zero-order valence-electron chi connectivity index (χ0n) is 12.7. The summed E-state index contributed by atoms with van der Waals surface area (Å²) in [6, 6.07) is 5.92. The molecule has 21 heavy (non-hydrogen) atoms.